The van der Waals surface area contributed by atoms with Crippen LogP contribution in [0.5, 0.6) is 0 Å². The molecule has 1 fully saturated rings. The molecular formula is C19H16FN3O4S. The van der Waals surface area contributed by atoms with E-state index in [4.69, 9.17) is 4.74 Å². The molecule has 0 aliphatic carbocycles. The molecule has 7 nitrogen and oxygen atoms in total. The lowest BCUT2D eigenvalue weighted by atomic mass is 10.1. The van der Waals surface area contributed by atoms with Gasteiger partial charge in [0.1, 0.15) is 11.3 Å². The predicted molar refractivity (Wildman–Crippen MR) is 103 cm³/mol. The highest BCUT2D eigenvalue weighted by molar-refractivity contribution is 7.22. The van der Waals surface area contributed by atoms with E-state index in [0.29, 0.717) is 16.4 Å². The van der Waals surface area contributed by atoms with Gasteiger partial charge in [0.15, 0.2) is 5.13 Å². The summed E-state index contributed by atoms with van der Waals surface area (Å²) in [6.07, 6.45) is 1.55. The molecule has 2 heterocycles. The highest BCUT2D eigenvalue weighted by Gasteiger charge is 2.28. The van der Waals surface area contributed by atoms with Crippen LogP contribution in [0.3, 0.4) is 0 Å². The second-order valence-electron chi connectivity index (χ2n) is 6.44. The van der Waals surface area contributed by atoms with Crippen molar-refractivity contribution in [3.05, 3.63) is 64.0 Å². The number of nitro groups is 1. The second kappa shape index (κ2) is 7.61. The molecule has 1 saturated heterocycles. The summed E-state index contributed by atoms with van der Waals surface area (Å²) in [7, 11) is 0. The Morgan fingerprint density at radius 1 is 1.36 bits per heavy atom. The number of non-ortho nitro benzene ring substituents is 1. The Morgan fingerprint density at radius 3 is 2.89 bits per heavy atom. The zero-order valence-corrected chi connectivity index (χ0v) is 15.5. The number of carbonyl (C=O) groups excluding carboxylic acids is 1. The van der Waals surface area contributed by atoms with Crippen LogP contribution in [0.1, 0.15) is 23.2 Å². The third-order valence-corrected chi connectivity index (χ3v) is 5.59. The van der Waals surface area contributed by atoms with Crippen molar-refractivity contribution in [2.45, 2.75) is 18.9 Å². The van der Waals surface area contributed by atoms with Crippen molar-refractivity contribution in [2.75, 3.05) is 18.1 Å². The van der Waals surface area contributed by atoms with Crippen LogP contribution >= 0.6 is 11.3 Å². The molecule has 1 amide bonds. The number of fused-ring (bicyclic) bond motifs is 1. The summed E-state index contributed by atoms with van der Waals surface area (Å²) >= 11 is 1.20. The van der Waals surface area contributed by atoms with E-state index in [1.54, 1.807) is 12.1 Å². The summed E-state index contributed by atoms with van der Waals surface area (Å²) in [6.45, 7) is 0.876. The number of nitrogens with zero attached hydrogens (tertiary/aromatic N) is 3. The van der Waals surface area contributed by atoms with E-state index < -0.39 is 16.6 Å². The normalized spacial score (nSPS) is 16.4. The number of para-hydroxylation sites is 1. The smallest absolute Gasteiger partial charge is 0.270 e. The van der Waals surface area contributed by atoms with E-state index in [0.717, 1.165) is 12.8 Å². The molecule has 28 heavy (non-hydrogen) atoms. The number of anilines is 1. The fraction of sp³-hybridized carbons (Fsp3) is 0.263. The second-order valence-corrected chi connectivity index (χ2v) is 7.45. The van der Waals surface area contributed by atoms with Crippen LogP contribution in [-0.2, 0) is 4.74 Å². The van der Waals surface area contributed by atoms with Crippen LogP contribution in [0.4, 0.5) is 15.2 Å². The van der Waals surface area contributed by atoms with Gasteiger partial charge in [0.25, 0.3) is 11.6 Å². The van der Waals surface area contributed by atoms with Crippen molar-refractivity contribution in [3.8, 4) is 0 Å². The maximum atomic E-state index is 14.1. The quantitative estimate of drug-likeness (QED) is 0.473. The van der Waals surface area contributed by atoms with Crippen molar-refractivity contribution in [3.63, 3.8) is 0 Å². The third kappa shape index (κ3) is 3.58. The largest absolute Gasteiger partial charge is 0.376 e. The van der Waals surface area contributed by atoms with Crippen LogP contribution in [-0.4, -0.2) is 35.1 Å². The summed E-state index contributed by atoms with van der Waals surface area (Å²) < 4.78 is 20.4. The molecule has 1 aliphatic heterocycles. The fourth-order valence-corrected chi connectivity index (χ4v) is 4.15. The number of nitro benzene ring substituents is 1. The van der Waals surface area contributed by atoms with E-state index in [9.17, 15) is 19.3 Å². The Labute approximate surface area is 163 Å². The van der Waals surface area contributed by atoms with E-state index in [-0.39, 0.29) is 29.4 Å². The number of aromatic nitrogens is 1. The van der Waals surface area contributed by atoms with Crippen LogP contribution in [0.2, 0.25) is 0 Å². The molecule has 1 unspecified atom stereocenters. The van der Waals surface area contributed by atoms with E-state index >= 15 is 0 Å². The molecule has 0 saturated carbocycles. The monoisotopic (exact) mass is 401 g/mol. The van der Waals surface area contributed by atoms with Gasteiger partial charge >= 0.3 is 0 Å². The topological polar surface area (TPSA) is 85.6 Å². The van der Waals surface area contributed by atoms with Gasteiger partial charge in [0.05, 0.1) is 22.3 Å². The minimum absolute atomic E-state index is 0.153. The van der Waals surface area contributed by atoms with Crippen LogP contribution in [0.25, 0.3) is 10.2 Å². The third-order valence-electron chi connectivity index (χ3n) is 4.55. The number of rotatable bonds is 5. The van der Waals surface area contributed by atoms with Crippen molar-refractivity contribution in [2.24, 2.45) is 0 Å². The van der Waals surface area contributed by atoms with Crippen molar-refractivity contribution in [1.82, 2.24) is 4.98 Å². The number of ether oxygens (including phenoxy) is 1. The van der Waals surface area contributed by atoms with E-state index in [1.807, 2.05) is 0 Å². The molecule has 3 aromatic rings. The summed E-state index contributed by atoms with van der Waals surface area (Å²) in [4.78, 5) is 29.4. The minimum Gasteiger partial charge on any atom is -0.376 e. The number of thiazole rings is 1. The Hall–Kier alpha value is -2.91. The SMILES string of the molecule is O=C(c1cccc([N+](=O)[O-])c1)N(CC1CCCO1)c1nc2c(F)cccc2s1. The Bertz CT molecular complexity index is 1050. The highest BCUT2D eigenvalue weighted by atomic mass is 32.1. The first-order valence-electron chi connectivity index (χ1n) is 8.76. The predicted octanol–water partition coefficient (Wildman–Crippen LogP) is 4.17. The van der Waals surface area contributed by atoms with Crippen molar-refractivity contribution < 1.29 is 18.8 Å². The maximum absolute atomic E-state index is 14.1. The molecule has 144 valence electrons. The van der Waals surface area contributed by atoms with Gasteiger partial charge in [-0.2, -0.15) is 0 Å². The van der Waals surface area contributed by atoms with Gasteiger partial charge in [-0.25, -0.2) is 9.37 Å². The van der Waals surface area contributed by atoms with Crippen LogP contribution < -0.4 is 4.90 Å². The Morgan fingerprint density at radius 2 is 2.18 bits per heavy atom. The van der Waals surface area contributed by atoms with Crippen molar-refractivity contribution >= 4 is 38.3 Å². The van der Waals surface area contributed by atoms with Gasteiger partial charge in [0.2, 0.25) is 0 Å². The Kier molecular flexibility index (Phi) is 5.01. The molecule has 1 aromatic heterocycles. The van der Waals surface area contributed by atoms with Gasteiger partial charge in [-0.3, -0.25) is 19.8 Å². The summed E-state index contributed by atoms with van der Waals surface area (Å²) in [5, 5.41) is 11.4. The number of hydrogen-bond acceptors (Lipinski definition) is 6. The maximum Gasteiger partial charge on any atom is 0.270 e. The zero-order valence-electron chi connectivity index (χ0n) is 14.7. The molecule has 1 aliphatic rings. The van der Waals surface area contributed by atoms with Gasteiger partial charge in [-0.05, 0) is 31.0 Å². The molecule has 0 radical (unpaired) electrons. The minimum atomic E-state index is -0.547. The standard InChI is InChI=1S/C19H16FN3O4S/c20-15-7-2-8-16-17(15)21-19(28-16)22(11-14-6-3-9-27-14)18(24)12-4-1-5-13(10-12)23(25)26/h1-2,4-5,7-8,10,14H,3,6,9,11H2. The summed E-state index contributed by atoms with van der Waals surface area (Å²) in [6, 6.07) is 10.2. The van der Waals surface area contributed by atoms with Gasteiger partial charge < -0.3 is 4.74 Å². The van der Waals surface area contributed by atoms with Gasteiger partial charge in [0, 0.05) is 24.3 Å². The summed E-state index contributed by atoms with van der Waals surface area (Å²) in [5.74, 6) is -0.890. The molecule has 9 heteroatoms. The molecule has 0 bridgehead atoms. The number of amides is 1. The van der Waals surface area contributed by atoms with Crippen molar-refractivity contribution in [1.29, 1.82) is 0 Å². The first-order chi connectivity index (χ1) is 13.5. The van der Waals surface area contributed by atoms with Gasteiger partial charge in [-0.1, -0.05) is 23.5 Å². The lowest BCUT2D eigenvalue weighted by Crippen LogP contribution is -2.37. The molecular weight excluding hydrogens is 385 g/mol. The van der Waals surface area contributed by atoms with Crippen LogP contribution in [0, 0.1) is 15.9 Å². The number of carbonyl (C=O) groups is 1. The average molecular weight is 401 g/mol. The Balaban J connectivity index is 1.73. The number of hydrogen-bond donors (Lipinski definition) is 0. The zero-order chi connectivity index (χ0) is 19.7. The molecule has 2 aromatic carbocycles. The van der Waals surface area contributed by atoms with E-state index in [2.05, 4.69) is 4.98 Å². The fourth-order valence-electron chi connectivity index (χ4n) is 3.17. The van der Waals surface area contributed by atoms with Gasteiger partial charge in [-0.15, -0.1) is 0 Å². The molecule has 4 rings (SSSR count). The average Bonchev–Trinajstić information content (AvgIpc) is 3.36. The summed E-state index contributed by atoms with van der Waals surface area (Å²) in [5.41, 5.74) is 0.205. The lowest BCUT2D eigenvalue weighted by molar-refractivity contribution is -0.384. The molecule has 0 spiro atoms. The first kappa shape index (κ1) is 18.5. The number of benzene rings is 2. The van der Waals surface area contributed by atoms with E-state index in [1.165, 1.54) is 46.6 Å². The molecule has 0 N–H and O–H groups in total. The highest BCUT2D eigenvalue weighted by Crippen LogP contribution is 2.32. The van der Waals surface area contributed by atoms with Crippen LogP contribution in [0.15, 0.2) is 42.5 Å². The first-order valence-corrected chi connectivity index (χ1v) is 9.57. The molecule has 1 atom stereocenters. The number of halogens is 1. The lowest BCUT2D eigenvalue weighted by Gasteiger charge is -2.23.